The number of methoxy groups -OCH3 is 2. The molecule has 5 nitrogen and oxygen atoms in total. The average Bonchev–Trinajstić information content (AvgIpc) is 2.98. The van der Waals surface area contributed by atoms with E-state index in [1.54, 1.807) is 14.2 Å². The number of H-pyrrole nitrogens is 1. The second-order valence-corrected chi connectivity index (χ2v) is 5.38. The number of nitrogens with zero attached hydrogens (tertiary/aromatic N) is 1. The van der Waals surface area contributed by atoms with Crippen LogP contribution in [-0.4, -0.2) is 48.9 Å². The van der Waals surface area contributed by atoms with Crippen molar-refractivity contribution in [2.24, 2.45) is 0 Å². The molecule has 1 aromatic heterocycles. The van der Waals surface area contributed by atoms with Gasteiger partial charge in [-0.25, -0.2) is 0 Å². The average molecular weight is 288 g/mol. The van der Waals surface area contributed by atoms with E-state index in [0.717, 1.165) is 10.9 Å². The van der Waals surface area contributed by atoms with E-state index < -0.39 is 5.79 Å². The molecule has 0 bridgehead atoms. The van der Waals surface area contributed by atoms with Crippen LogP contribution in [0.25, 0.3) is 10.9 Å². The molecule has 1 saturated heterocycles. The Hall–Kier alpha value is -1.85. The molecule has 112 valence electrons. The number of nitrogens with one attached hydrogen (secondary N) is 1. The molecule has 1 N–H and O–H groups in total. The molecule has 0 unspecified atom stereocenters. The summed E-state index contributed by atoms with van der Waals surface area (Å²) in [6.07, 6.45) is 1.37. The van der Waals surface area contributed by atoms with Gasteiger partial charge in [-0.1, -0.05) is 18.2 Å². The summed E-state index contributed by atoms with van der Waals surface area (Å²) < 4.78 is 10.9. The van der Waals surface area contributed by atoms with Gasteiger partial charge >= 0.3 is 0 Å². The monoisotopic (exact) mass is 288 g/mol. The Morgan fingerprint density at radius 1 is 1.19 bits per heavy atom. The molecular formula is C16H20N2O3. The first-order chi connectivity index (χ1) is 10.2. The number of aromatic nitrogens is 1. The lowest BCUT2D eigenvalue weighted by atomic mass is 10.0. The van der Waals surface area contributed by atoms with Crippen molar-refractivity contribution in [3.05, 3.63) is 36.0 Å². The van der Waals surface area contributed by atoms with Crippen LogP contribution in [-0.2, 0) is 9.47 Å². The fraction of sp³-hybridized carbons (Fsp3) is 0.438. The fourth-order valence-corrected chi connectivity index (χ4v) is 2.90. The second kappa shape index (κ2) is 5.50. The van der Waals surface area contributed by atoms with Crippen LogP contribution < -0.4 is 0 Å². The zero-order valence-corrected chi connectivity index (χ0v) is 12.4. The zero-order chi connectivity index (χ0) is 14.9. The summed E-state index contributed by atoms with van der Waals surface area (Å²) in [5.41, 5.74) is 1.62. The number of hydrogen-bond acceptors (Lipinski definition) is 3. The minimum Gasteiger partial charge on any atom is -0.353 e. The molecule has 1 aliphatic rings. The third-order valence-corrected chi connectivity index (χ3v) is 4.32. The van der Waals surface area contributed by atoms with Gasteiger partial charge in [0.25, 0.3) is 5.91 Å². The van der Waals surface area contributed by atoms with E-state index in [-0.39, 0.29) is 5.91 Å². The second-order valence-electron chi connectivity index (χ2n) is 5.38. The normalized spacial score (nSPS) is 18.1. The van der Waals surface area contributed by atoms with Crippen molar-refractivity contribution in [2.75, 3.05) is 27.3 Å². The number of hydrogen-bond donors (Lipinski definition) is 1. The van der Waals surface area contributed by atoms with Gasteiger partial charge in [0.2, 0.25) is 0 Å². The highest BCUT2D eigenvalue weighted by molar-refractivity contribution is 5.98. The van der Waals surface area contributed by atoms with Crippen molar-refractivity contribution in [3.8, 4) is 0 Å². The number of likely N-dealkylation sites (tertiary alicyclic amines) is 1. The Balaban J connectivity index is 1.74. The molecule has 1 fully saturated rings. The largest absolute Gasteiger partial charge is 0.353 e. The van der Waals surface area contributed by atoms with Gasteiger partial charge < -0.3 is 19.4 Å². The Labute approximate surface area is 123 Å². The molecule has 0 atom stereocenters. The number of carbonyl (C=O) groups is 1. The van der Waals surface area contributed by atoms with E-state index >= 15 is 0 Å². The van der Waals surface area contributed by atoms with Crippen LogP contribution in [0.4, 0.5) is 0 Å². The zero-order valence-electron chi connectivity index (χ0n) is 12.4. The number of amides is 1. The lowest BCUT2D eigenvalue weighted by Gasteiger charge is -2.39. The van der Waals surface area contributed by atoms with Crippen molar-refractivity contribution >= 4 is 16.8 Å². The maximum absolute atomic E-state index is 12.6. The van der Waals surface area contributed by atoms with Crippen LogP contribution in [0.1, 0.15) is 23.3 Å². The Morgan fingerprint density at radius 2 is 1.86 bits per heavy atom. The molecule has 1 aromatic carbocycles. The van der Waals surface area contributed by atoms with Gasteiger partial charge in [-0.2, -0.15) is 0 Å². The van der Waals surface area contributed by atoms with Crippen molar-refractivity contribution in [2.45, 2.75) is 18.6 Å². The van der Waals surface area contributed by atoms with Crippen molar-refractivity contribution in [1.29, 1.82) is 0 Å². The third-order valence-electron chi connectivity index (χ3n) is 4.32. The van der Waals surface area contributed by atoms with E-state index in [1.165, 1.54) is 0 Å². The Morgan fingerprint density at radius 3 is 2.48 bits per heavy atom. The van der Waals surface area contributed by atoms with E-state index in [1.807, 2.05) is 35.2 Å². The fourth-order valence-electron chi connectivity index (χ4n) is 2.90. The highest BCUT2D eigenvalue weighted by Gasteiger charge is 2.36. The summed E-state index contributed by atoms with van der Waals surface area (Å²) in [4.78, 5) is 17.6. The highest BCUT2D eigenvalue weighted by Crippen LogP contribution is 2.27. The van der Waals surface area contributed by atoms with Crippen LogP contribution >= 0.6 is 0 Å². The number of para-hydroxylation sites is 1. The summed E-state index contributed by atoms with van der Waals surface area (Å²) in [7, 11) is 3.30. The van der Waals surface area contributed by atoms with Gasteiger partial charge in [-0.15, -0.1) is 0 Å². The summed E-state index contributed by atoms with van der Waals surface area (Å²) in [6.45, 7) is 1.27. The minimum atomic E-state index is -0.544. The number of benzene rings is 1. The van der Waals surface area contributed by atoms with Gasteiger partial charge in [-0.05, 0) is 12.1 Å². The number of ether oxygens (including phenoxy) is 2. The van der Waals surface area contributed by atoms with Gasteiger partial charge in [0, 0.05) is 51.1 Å². The standard InChI is InChI=1S/C16H20N2O3/c1-20-16(21-2)7-9-18(10-8-16)15(19)14-11-12-5-3-4-6-13(12)17-14/h3-6,11,17H,7-10H2,1-2H3. The molecule has 1 amide bonds. The number of rotatable bonds is 3. The minimum absolute atomic E-state index is 0.0343. The van der Waals surface area contributed by atoms with Crippen LogP contribution in [0.3, 0.4) is 0 Å². The number of fused-ring (bicyclic) bond motifs is 1. The third kappa shape index (κ3) is 2.54. The first-order valence-electron chi connectivity index (χ1n) is 7.15. The van der Waals surface area contributed by atoms with E-state index in [4.69, 9.17) is 9.47 Å². The predicted molar refractivity (Wildman–Crippen MR) is 80.2 cm³/mol. The smallest absolute Gasteiger partial charge is 0.270 e. The van der Waals surface area contributed by atoms with Crippen LogP contribution in [0, 0.1) is 0 Å². The van der Waals surface area contributed by atoms with Crippen LogP contribution in [0.2, 0.25) is 0 Å². The van der Waals surface area contributed by atoms with Gasteiger partial charge in [-0.3, -0.25) is 4.79 Å². The number of carbonyl (C=O) groups excluding carboxylic acids is 1. The summed E-state index contributed by atoms with van der Waals surface area (Å²) in [5, 5.41) is 1.06. The molecule has 3 rings (SSSR count). The lowest BCUT2D eigenvalue weighted by Crippen LogP contribution is -2.48. The van der Waals surface area contributed by atoms with E-state index in [0.29, 0.717) is 31.6 Å². The predicted octanol–water partition coefficient (Wildman–Crippen LogP) is 2.39. The van der Waals surface area contributed by atoms with Gasteiger partial charge in [0.05, 0.1) is 0 Å². The highest BCUT2D eigenvalue weighted by atomic mass is 16.7. The number of aromatic amines is 1. The maximum atomic E-state index is 12.6. The van der Waals surface area contributed by atoms with Gasteiger partial charge in [0.1, 0.15) is 5.69 Å². The van der Waals surface area contributed by atoms with E-state index in [2.05, 4.69) is 4.98 Å². The number of piperidine rings is 1. The Kier molecular flexibility index (Phi) is 3.69. The summed E-state index contributed by atoms with van der Waals surface area (Å²) >= 11 is 0. The molecule has 0 spiro atoms. The van der Waals surface area contributed by atoms with Crippen molar-refractivity contribution < 1.29 is 14.3 Å². The van der Waals surface area contributed by atoms with Gasteiger partial charge in [0.15, 0.2) is 5.79 Å². The van der Waals surface area contributed by atoms with Crippen LogP contribution in [0.5, 0.6) is 0 Å². The molecule has 1 aliphatic heterocycles. The summed E-state index contributed by atoms with van der Waals surface area (Å²) in [6, 6.07) is 9.81. The maximum Gasteiger partial charge on any atom is 0.270 e. The molecule has 2 heterocycles. The topological polar surface area (TPSA) is 54.6 Å². The molecule has 5 heteroatoms. The SMILES string of the molecule is COC1(OC)CCN(C(=O)c2cc3ccccc3[nH]2)CC1. The summed E-state index contributed by atoms with van der Waals surface area (Å²) in [5.74, 6) is -0.510. The van der Waals surface area contributed by atoms with Crippen molar-refractivity contribution in [1.82, 2.24) is 9.88 Å². The van der Waals surface area contributed by atoms with Crippen LogP contribution in [0.15, 0.2) is 30.3 Å². The molecular weight excluding hydrogens is 268 g/mol. The Bertz CT molecular complexity index is 603. The van der Waals surface area contributed by atoms with Crippen molar-refractivity contribution in [3.63, 3.8) is 0 Å². The quantitative estimate of drug-likeness (QED) is 0.882. The molecule has 21 heavy (non-hydrogen) atoms. The molecule has 2 aromatic rings. The first-order valence-corrected chi connectivity index (χ1v) is 7.15. The molecule has 0 aliphatic carbocycles. The first kappa shape index (κ1) is 14.1. The molecule has 0 saturated carbocycles. The lowest BCUT2D eigenvalue weighted by molar-refractivity contribution is -0.226. The molecule has 0 radical (unpaired) electrons. The van der Waals surface area contributed by atoms with E-state index in [9.17, 15) is 4.79 Å².